The van der Waals surface area contributed by atoms with Gasteiger partial charge in [0.25, 0.3) is 5.91 Å². The topological polar surface area (TPSA) is 67.4 Å². The van der Waals surface area contributed by atoms with E-state index in [0.717, 1.165) is 0 Å². The maximum absolute atomic E-state index is 11.7. The van der Waals surface area contributed by atoms with Crippen LogP contribution in [0.25, 0.3) is 0 Å². The first kappa shape index (κ1) is 17.4. The lowest BCUT2D eigenvalue weighted by atomic mass is 10.3. The number of nitrogens with one attached hydrogen (secondary N) is 2. The summed E-state index contributed by atoms with van der Waals surface area (Å²) in [6.07, 6.45) is -4.31. The summed E-state index contributed by atoms with van der Waals surface area (Å²) in [6.45, 7) is -1.40. The molecule has 9 heteroatoms. The number of rotatable bonds is 8. The molecule has 1 rings (SSSR count). The number of alkyl halides is 3. The molecular formula is C12H15F3N2O3S. The first-order valence-corrected chi connectivity index (χ1v) is 7.04. The van der Waals surface area contributed by atoms with Gasteiger partial charge >= 0.3 is 6.18 Å². The molecule has 0 unspecified atom stereocenters. The van der Waals surface area contributed by atoms with Crippen molar-refractivity contribution in [2.24, 2.45) is 0 Å². The van der Waals surface area contributed by atoms with E-state index in [1.807, 2.05) is 0 Å². The molecule has 0 fully saturated rings. The first-order chi connectivity index (χ1) is 9.88. The van der Waals surface area contributed by atoms with Crippen LogP contribution in [0.15, 0.2) is 16.8 Å². The van der Waals surface area contributed by atoms with Crippen LogP contribution in [0.1, 0.15) is 16.8 Å². The molecule has 0 atom stereocenters. The predicted molar refractivity (Wildman–Crippen MR) is 71.2 cm³/mol. The van der Waals surface area contributed by atoms with Crippen LogP contribution in [0.2, 0.25) is 0 Å². The van der Waals surface area contributed by atoms with Crippen molar-refractivity contribution >= 4 is 23.2 Å². The highest BCUT2D eigenvalue weighted by molar-refractivity contribution is 7.08. The van der Waals surface area contributed by atoms with Gasteiger partial charge in [-0.25, -0.2) is 0 Å². The van der Waals surface area contributed by atoms with Crippen LogP contribution >= 0.6 is 11.3 Å². The number of carbonyl (C=O) groups is 2. The number of carbonyl (C=O) groups excluding carboxylic acids is 2. The lowest BCUT2D eigenvalue weighted by Gasteiger charge is -2.08. The van der Waals surface area contributed by atoms with Crippen molar-refractivity contribution in [1.82, 2.24) is 10.6 Å². The van der Waals surface area contributed by atoms with E-state index in [1.165, 1.54) is 11.3 Å². The molecule has 1 aromatic heterocycles. The number of thiophene rings is 1. The van der Waals surface area contributed by atoms with E-state index in [1.54, 1.807) is 16.8 Å². The molecule has 2 N–H and O–H groups in total. The second kappa shape index (κ2) is 8.63. The quantitative estimate of drug-likeness (QED) is 0.713. The second-order valence-electron chi connectivity index (χ2n) is 4.04. The molecule has 2 amide bonds. The third-order valence-corrected chi connectivity index (χ3v) is 2.94. The van der Waals surface area contributed by atoms with Gasteiger partial charge in [0.15, 0.2) is 0 Å². The Hall–Kier alpha value is -1.61. The van der Waals surface area contributed by atoms with Crippen LogP contribution in [0, 0.1) is 0 Å². The number of halogens is 3. The fourth-order valence-corrected chi connectivity index (χ4v) is 1.96. The molecule has 0 spiro atoms. The summed E-state index contributed by atoms with van der Waals surface area (Å²) < 4.78 is 39.6. The molecule has 0 bridgehead atoms. The summed E-state index contributed by atoms with van der Waals surface area (Å²) in [4.78, 5) is 22.9. The van der Waals surface area contributed by atoms with Gasteiger partial charge in [-0.15, -0.1) is 0 Å². The van der Waals surface area contributed by atoms with Crippen LogP contribution in [-0.2, 0) is 9.53 Å². The second-order valence-corrected chi connectivity index (χ2v) is 4.82. The van der Waals surface area contributed by atoms with Gasteiger partial charge in [-0.05, 0) is 11.4 Å². The Balaban J connectivity index is 2.03. The highest BCUT2D eigenvalue weighted by atomic mass is 32.1. The summed E-state index contributed by atoms with van der Waals surface area (Å²) >= 11 is 1.39. The summed E-state index contributed by atoms with van der Waals surface area (Å²) in [7, 11) is 0. The molecule has 0 radical (unpaired) electrons. The minimum Gasteiger partial charge on any atom is -0.370 e. The van der Waals surface area contributed by atoms with E-state index in [-0.39, 0.29) is 37.9 Å². The van der Waals surface area contributed by atoms with E-state index < -0.39 is 12.8 Å². The number of hydrogen-bond acceptors (Lipinski definition) is 4. The van der Waals surface area contributed by atoms with Crippen molar-refractivity contribution in [1.29, 1.82) is 0 Å². The third kappa shape index (κ3) is 8.30. The summed E-state index contributed by atoms with van der Waals surface area (Å²) in [6, 6.07) is 1.66. The molecule has 0 aromatic carbocycles. The van der Waals surface area contributed by atoms with Crippen molar-refractivity contribution < 1.29 is 27.5 Å². The first-order valence-electron chi connectivity index (χ1n) is 6.10. The largest absolute Gasteiger partial charge is 0.411 e. The van der Waals surface area contributed by atoms with E-state index >= 15 is 0 Å². The lowest BCUT2D eigenvalue weighted by molar-refractivity contribution is -0.173. The molecule has 0 aliphatic rings. The van der Waals surface area contributed by atoms with E-state index in [0.29, 0.717) is 5.56 Å². The fraction of sp³-hybridized carbons (Fsp3) is 0.500. The van der Waals surface area contributed by atoms with Crippen LogP contribution in [0.5, 0.6) is 0 Å². The molecule has 5 nitrogen and oxygen atoms in total. The summed E-state index contributed by atoms with van der Waals surface area (Å²) in [5, 5.41) is 8.42. The molecule has 0 saturated carbocycles. The summed E-state index contributed by atoms with van der Waals surface area (Å²) in [5.41, 5.74) is 0.529. The van der Waals surface area contributed by atoms with Crippen molar-refractivity contribution in [3.8, 4) is 0 Å². The molecular weight excluding hydrogens is 309 g/mol. The Morgan fingerprint density at radius 2 is 2.00 bits per heavy atom. The zero-order valence-electron chi connectivity index (χ0n) is 11.0. The van der Waals surface area contributed by atoms with Crippen LogP contribution < -0.4 is 10.6 Å². The van der Waals surface area contributed by atoms with Crippen LogP contribution in [0.4, 0.5) is 13.2 Å². The average Bonchev–Trinajstić information content (AvgIpc) is 2.90. The van der Waals surface area contributed by atoms with Gasteiger partial charge in [0.1, 0.15) is 6.61 Å². The van der Waals surface area contributed by atoms with Crippen molar-refractivity contribution in [3.05, 3.63) is 22.4 Å². The highest BCUT2D eigenvalue weighted by Gasteiger charge is 2.27. The monoisotopic (exact) mass is 324 g/mol. The fourth-order valence-electron chi connectivity index (χ4n) is 1.32. The molecule has 1 aromatic rings. The Kier molecular flexibility index (Phi) is 7.17. The molecule has 0 saturated heterocycles. The normalized spacial score (nSPS) is 11.2. The number of amides is 2. The Morgan fingerprint density at radius 1 is 1.24 bits per heavy atom. The van der Waals surface area contributed by atoms with Crippen molar-refractivity contribution in [2.45, 2.75) is 12.6 Å². The maximum atomic E-state index is 11.7. The van der Waals surface area contributed by atoms with Gasteiger partial charge < -0.3 is 15.4 Å². The minimum absolute atomic E-state index is 0.00656. The Labute approximate surface area is 123 Å². The zero-order valence-corrected chi connectivity index (χ0v) is 11.9. The maximum Gasteiger partial charge on any atom is 0.411 e. The van der Waals surface area contributed by atoms with Crippen molar-refractivity contribution in [3.63, 3.8) is 0 Å². The van der Waals surface area contributed by atoms with Crippen molar-refractivity contribution in [2.75, 3.05) is 26.3 Å². The van der Waals surface area contributed by atoms with Gasteiger partial charge in [-0.3, -0.25) is 9.59 Å². The molecule has 0 aliphatic carbocycles. The van der Waals surface area contributed by atoms with Gasteiger partial charge in [0.2, 0.25) is 5.91 Å². The molecule has 118 valence electrons. The van der Waals surface area contributed by atoms with E-state index in [2.05, 4.69) is 15.4 Å². The molecule has 1 heterocycles. The SMILES string of the molecule is O=C(CCNC(=O)c1ccsc1)NCCOCC(F)(F)F. The molecule has 21 heavy (non-hydrogen) atoms. The lowest BCUT2D eigenvalue weighted by Crippen LogP contribution is -2.32. The third-order valence-electron chi connectivity index (χ3n) is 2.26. The van der Waals surface area contributed by atoms with Gasteiger partial charge in [-0.2, -0.15) is 24.5 Å². The number of ether oxygens (including phenoxy) is 1. The van der Waals surface area contributed by atoms with Crippen LogP contribution in [0.3, 0.4) is 0 Å². The van der Waals surface area contributed by atoms with Gasteiger partial charge in [0, 0.05) is 30.5 Å². The predicted octanol–water partition coefficient (Wildman–Crippen LogP) is 1.56. The average molecular weight is 324 g/mol. The van der Waals surface area contributed by atoms with Gasteiger partial charge in [-0.1, -0.05) is 0 Å². The smallest absolute Gasteiger partial charge is 0.370 e. The Morgan fingerprint density at radius 3 is 2.62 bits per heavy atom. The van der Waals surface area contributed by atoms with Gasteiger partial charge in [0.05, 0.1) is 6.61 Å². The Bertz CT molecular complexity index is 449. The zero-order chi connectivity index (χ0) is 15.7. The molecule has 0 aliphatic heterocycles. The summed E-state index contributed by atoms with van der Waals surface area (Å²) in [5.74, 6) is -0.631. The standard InChI is InChI=1S/C12H15F3N2O3S/c13-12(14,15)8-20-5-4-16-10(18)1-3-17-11(19)9-2-6-21-7-9/h2,6-7H,1,3-5,8H2,(H,16,18)(H,17,19). The van der Waals surface area contributed by atoms with Crippen LogP contribution in [-0.4, -0.2) is 44.3 Å². The number of hydrogen-bond donors (Lipinski definition) is 2. The minimum atomic E-state index is -4.37. The van der Waals surface area contributed by atoms with E-state index in [4.69, 9.17) is 0 Å². The van der Waals surface area contributed by atoms with E-state index in [9.17, 15) is 22.8 Å². The highest BCUT2D eigenvalue weighted by Crippen LogP contribution is 2.13.